The summed E-state index contributed by atoms with van der Waals surface area (Å²) in [6.07, 6.45) is 10.5. The van der Waals surface area contributed by atoms with Gasteiger partial charge in [0.15, 0.2) is 0 Å². The molecule has 3 N–H and O–H groups in total. The largest absolute Gasteiger partial charge is 0.394 e. The molecule has 0 aromatic carbocycles. The molecule has 2 heterocycles. The molecule has 1 saturated heterocycles. The van der Waals surface area contributed by atoms with Gasteiger partial charge in [-0.25, -0.2) is 4.79 Å². The summed E-state index contributed by atoms with van der Waals surface area (Å²) in [5.74, 6) is 0.202. The van der Waals surface area contributed by atoms with Gasteiger partial charge in [0.05, 0.1) is 12.7 Å². The Morgan fingerprint density at radius 2 is 2.29 bits per heavy atom. The summed E-state index contributed by atoms with van der Waals surface area (Å²) in [6.45, 7) is -0.0202. The maximum atomic E-state index is 11.5. The molecule has 92 valence electrons. The fourth-order valence-electron chi connectivity index (χ4n) is 1.67. The van der Waals surface area contributed by atoms with E-state index in [9.17, 15) is 4.79 Å². The highest BCUT2D eigenvalue weighted by Crippen LogP contribution is 2.26. The Hall–Kier alpha value is -1.84. The lowest BCUT2D eigenvalue weighted by molar-refractivity contribution is -0.0245. The molecule has 2 rings (SSSR count). The van der Waals surface area contributed by atoms with Gasteiger partial charge in [-0.15, -0.1) is 12.8 Å². The number of terminal acetylenes is 1. The predicted octanol–water partition coefficient (Wildman–Crippen LogP) is -0.255. The Labute approximate surface area is 99.0 Å². The van der Waals surface area contributed by atoms with Gasteiger partial charge in [-0.1, -0.05) is 0 Å². The molecule has 17 heavy (non-hydrogen) atoms. The third kappa shape index (κ3) is 3.06. The highest BCUT2D eigenvalue weighted by atomic mass is 16.5. The number of hydrogen-bond acceptors (Lipinski definition) is 5. The number of nitrogens with two attached hydrogens (primary N) is 1. The summed E-state index contributed by atoms with van der Waals surface area (Å²) in [5, 5.41) is 8.90. The Bertz CT molecular complexity index is 441. The third-order valence-electron chi connectivity index (χ3n) is 2.45. The zero-order chi connectivity index (χ0) is 12.8. The van der Waals surface area contributed by atoms with E-state index < -0.39 is 5.69 Å². The molecule has 0 spiro atoms. The second-order valence-electron chi connectivity index (χ2n) is 3.51. The second-order valence-corrected chi connectivity index (χ2v) is 3.51. The normalized spacial score (nSPS) is 22.8. The molecule has 1 aromatic heterocycles. The molecular weight excluding hydrogens is 222 g/mol. The lowest BCUT2D eigenvalue weighted by atomic mass is 10.2. The molecule has 0 bridgehead atoms. The molecule has 1 aliphatic heterocycles. The van der Waals surface area contributed by atoms with Crippen molar-refractivity contribution in [3.63, 3.8) is 0 Å². The van der Waals surface area contributed by atoms with Gasteiger partial charge in [0, 0.05) is 6.20 Å². The van der Waals surface area contributed by atoms with Crippen molar-refractivity contribution >= 4 is 5.82 Å². The van der Waals surface area contributed by atoms with Crippen molar-refractivity contribution in [1.82, 2.24) is 9.55 Å². The van der Waals surface area contributed by atoms with Gasteiger partial charge in [-0.05, 0) is 18.9 Å². The van der Waals surface area contributed by atoms with Crippen LogP contribution in [0.4, 0.5) is 5.82 Å². The average molecular weight is 237 g/mol. The van der Waals surface area contributed by atoms with Gasteiger partial charge in [0.2, 0.25) is 0 Å². The molecule has 2 atom stereocenters. The van der Waals surface area contributed by atoms with Crippen LogP contribution in [0.3, 0.4) is 0 Å². The van der Waals surface area contributed by atoms with Crippen molar-refractivity contribution < 1.29 is 9.84 Å². The monoisotopic (exact) mass is 237 g/mol. The summed E-state index contributed by atoms with van der Waals surface area (Å²) < 4.78 is 6.84. The number of aliphatic hydroxyl groups excluding tert-OH is 1. The van der Waals surface area contributed by atoms with E-state index in [4.69, 9.17) is 15.6 Å². The van der Waals surface area contributed by atoms with Crippen LogP contribution in [-0.4, -0.2) is 27.4 Å². The Kier molecular flexibility index (Phi) is 4.69. The van der Waals surface area contributed by atoms with Crippen molar-refractivity contribution in [1.29, 1.82) is 0 Å². The fourth-order valence-corrected chi connectivity index (χ4v) is 1.67. The summed E-state index contributed by atoms with van der Waals surface area (Å²) in [7, 11) is 0. The first-order chi connectivity index (χ1) is 8.20. The minimum atomic E-state index is -0.418. The van der Waals surface area contributed by atoms with Gasteiger partial charge in [-0.2, -0.15) is 4.98 Å². The van der Waals surface area contributed by atoms with E-state index in [1.54, 1.807) is 12.3 Å². The standard InChI is InChI=1S/C9H13N3O3.C2H2/c10-7-3-4-12(9(14)11-7)8-2-1-6(5-13)15-8;1-2/h3-4,6,8,13H,1-2,5H2,(H2,10,11,14);1-2H. The van der Waals surface area contributed by atoms with Crippen LogP contribution < -0.4 is 11.4 Å². The quantitative estimate of drug-likeness (QED) is 0.692. The lowest BCUT2D eigenvalue weighted by Gasteiger charge is -2.14. The number of hydrogen-bond donors (Lipinski definition) is 2. The number of aliphatic hydroxyl groups is 1. The maximum absolute atomic E-state index is 11.5. The number of anilines is 1. The molecular formula is C11H15N3O3. The molecule has 1 aromatic rings. The number of rotatable bonds is 2. The van der Waals surface area contributed by atoms with Gasteiger partial charge < -0.3 is 15.6 Å². The van der Waals surface area contributed by atoms with Crippen LogP contribution >= 0.6 is 0 Å². The minimum absolute atomic E-state index is 0.0202. The summed E-state index contributed by atoms with van der Waals surface area (Å²) >= 11 is 0. The Morgan fingerprint density at radius 3 is 2.82 bits per heavy atom. The zero-order valence-electron chi connectivity index (χ0n) is 9.32. The van der Waals surface area contributed by atoms with Crippen LogP contribution in [0.15, 0.2) is 17.1 Å². The lowest BCUT2D eigenvalue weighted by Crippen LogP contribution is -2.27. The van der Waals surface area contributed by atoms with Crippen LogP contribution in [0, 0.1) is 12.8 Å². The van der Waals surface area contributed by atoms with Crippen LogP contribution in [0.1, 0.15) is 19.1 Å². The van der Waals surface area contributed by atoms with E-state index in [2.05, 4.69) is 17.8 Å². The Morgan fingerprint density at radius 1 is 1.59 bits per heavy atom. The van der Waals surface area contributed by atoms with E-state index in [0.717, 1.165) is 6.42 Å². The molecule has 0 aliphatic carbocycles. The molecule has 1 fully saturated rings. The topological polar surface area (TPSA) is 90.4 Å². The van der Waals surface area contributed by atoms with Gasteiger partial charge in [0.25, 0.3) is 0 Å². The van der Waals surface area contributed by atoms with Crippen molar-refractivity contribution in [2.75, 3.05) is 12.3 Å². The van der Waals surface area contributed by atoms with Crippen LogP contribution in [-0.2, 0) is 4.74 Å². The highest BCUT2D eigenvalue weighted by molar-refractivity contribution is 5.23. The summed E-state index contributed by atoms with van der Waals surface area (Å²) in [6, 6.07) is 1.55. The number of nitrogen functional groups attached to an aromatic ring is 1. The number of nitrogens with zero attached hydrogens (tertiary/aromatic N) is 2. The van der Waals surface area contributed by atoms with E-state index in [-0.39, 0.29) is 24.8 Å². The van der Waals surface area contributed by atoms with E-state index >= 15 is 0 Å². The average Bonchev–Trinajstić information content (AvgIpc) is 2.80. The summed E-state index contributed by atoms with van der Waals surface area (Å²) in [5.41, 5.74) is 4.96. The number of aromatic nitrogens is 2. The molecule has 1 aliphatic rings. The first-order valence-electron chi connectivity index (χ1n) is 5.15. The SMILES string of the molecule is C#C.Nc1ccn(C2CCC(CO)O2)c(=O)n1. The molecule has 2 unspecified atom stereocenters. The van der Waals surface area contributed by atoms with E-state index in [0.29, 0.717) is 6.42 Å². The molecule has 6 heteroatoms. The van der Waals surface area contributed by atoms with Crippen molar-refractivity contribution in [2.24, 2.45) is 0 Å². The van der Waals surface area contributed by atoms with Crippen molar-refractivity contribution in [3.8, 4) is 12.8 Å². The fraction of sp³-hybridized carbons (Fsp3) is 0.455. The first-order valence-corrected chi connectivity index (χ1v) is 5.15. The van der Waals surface area contributed by atoms with Crippen LogP contribution in [0.5, 0.6) is 0 Å². The van der Waals surface area contributed by atoms with Gasteiger partial charge in [-0.3, -0.25) is 4.57 Å². The van der Waals surface area contributed by atoms with Crippen molar-refractivity contribution in [2.45, 2.75) is 25.2 Å². The van der Waals surface area contributed by atoms with Crippen molar-refractivity contribution in [3.05, 3.63) is 22.7 Å². The zero-order valence-corrected chi connectivity index (χ0v) is 9.32. The van der Waals surface area contributed by atoms with Gasteiger partial charge in [0.1, 0.15) is 12.0 Å². The number of ether oxygens (including phenoxy) is 1. The molecule has 0 saturated carbocycles. The van der Waals surface area contributed by atoms with Gasteiger partial charge >= 0.3 is 5.69 Å². The molecule has 0 radical (unpaired) electrons. The van der Waals surface area contributed by atoms with E-state index in [1.165, 1.54) is 4.57 Å². The summed E-state index contributed by atoms with van der Waals surface area (Å²) in [4.78, 5) is 15.1. The highest BCUT2D eigenvalue weighted by Gasteiger charge is 2.26. The minimum Gasteiger partial charge on any atom is -0.394 e. The smallest absolute Gasteiger partial charge is 0.351 e. The molecule has 0 amide bonds. The second kappa shape index (κ2) is 6.03. The third-order valence-corrected chi connectivity index (χ3v) is 2.45. The predicted molar refractivity (Wildman–Crippen MR) is 63.0 cm³/mol. The first kappa shape index (κ1) is 13.2. The molecule has 6 nitrogen and oxygen atoms in total. The van der Waals surface area contributed by atoms with E-state index in [1.807, 2.05) is 0 Å². The maximum Gasteiger partial charge on any atom is 0.351 e. The Balaban J connectivity index is 0.000000686. The van der Waals surface area contributed by atoms with Crippen LogP contribution in [0.2, 0.25) is 0 Å². The van der Waals surface area contributed by atoms with Crippen LogP contribution in [0.25, 0.3) is 0 Å².